The van der Waals surface area contributed by atoms with Gasteiger partial charge in [0.05, 0.1) is 5.56 Å². The predicted molar refractivity (Wildman–Crippen MR) is 50.1 cm³/mol. The lowest BCUT2D eigenvalue weighted by atomic mass is 10.2. The zero-order valence-electron chi connectivity index (χ0n) is 7.41. The molecule has 2 N–H and O–H groups in total. The largest absolute Gasteiger partial charge is 0.478 e. The highest BCUT2D eigenvalue weighted by Gasteiger charge is 2.17. The maximum absolute atomic E-state index is 10.8. The highest BCUT2D eigenvalue weighted by Crippen LogP contribution is 2.18. The fourth-order valence-corrected chi connectivity index (χ4v) is 1.38. The van der Waals surface area contributed by atoms with Crippen LogP contribution in [-0.2, 0) is 0 Å². The van der Waals surface area contributed by atoms with Crippen molar-refractivity contribution in [1.82, 2.24) is 9.55 Å². The Morgan fingerprint density at radius 1 is 1.33 bits per heavy atom. The van der Waals surface area contributed by atoms with Crippen LogP contribution in [0.5, 0.6) is 0 Å². The van der Waals surface area contributed by atoms with Gasteiger partial charge >= 0.3 is 12.1 Å². The molecule has 0 aliphatic carbocycles. The van der Waals surface area contributed by atoms with E-state index in [9.17, 15) is 9.59 Å². The Morgan fingerprint density at radius 3 is 2.67 bits per heavy atom. The van der Waals surface area contributed by atoms with Crippen LogP contribution in [0.4, 0.5) is 4.79 Å². The van der Waals surface area contributed by atoms with E-state index in [1.165, 1.54) is 12.3 Å². The van der Waals surface area contributed by atoms with Gasteiger partial charge in [0.15, 0.2) is 0 Å². The third-order valence-electron chi connectivity index (χ3n) is 2.00. The first-order chi connectivity index (χ1) is 7.11. The maximum atomic E-state index is 10.8. The van der Waals surface area contributed by atoms with Gasteiger partial charge in [-0.3, -0.25) is 0 Å². The van der Waals surface area contributed by atoms with E-state index >= 15 is 0 Å². The molecular formula is C9H6N2O4. The van der Waals surface area contributed by atoms with Crippen molar-refractivity contribution in [3.05, 3.63) is 30.1 Å². The smallest absolute Gasteiger partial charge is 0.417 e. The summed E-state index contributed by atoms with van der Waals surface area (Å²) in [6.07, 6.45) is 1.20. The minimum absolute atomic E-state index is 0.0690. The minimum Gasteiger partial charge on any atom is -0.478 e. The number of aromatic carboxylic acids is 1. The van der Waals surface area contributed by atoms with Crippen LogP contribution in [0.1, 0.15) is 10.4 Å². The Hall–Kier alpha value is -2.37. The number of hydrogen-bond acceptors (Lipinski definition) is 3. The molecule has 6 heteroatoms. The first-order valence-electron chi connectivity index (χ1n) is 4.04. The van der Waals surface area contributed by atoms with E-state index in [0.29, 0.717) is 5.39 Å². The number of carbonyl (C=O) groups is 2. The van der Waals surface area contributed by atoms with Crippen LogP contribution in [0.15, 0.2) is 24.5 Å². The number of fused-ring (bicyclic) bond motifs is 1. The highest BCUT2D eigenvalue weighted by atomic mass is 16.4. The minimum atomic E-state index is -1.26. The Bertz CT molecular complexity index is 510. The number of hydrogen-bond donors (Lipinski definition) is 2. The molecule has 0 fully saturated rings. The Balaban J connectivity index is 2.85. The number of carboxylic acid groups (broad SMARTS) is 2. The Labute approximate surface area is 83.4 Å². The molecule has 0 aromatic carbocycles. The molecule has 2 aromatic rings. The Morgan fingerprint density at radius 2 is 2.07 bits per heavy atom. The molecule has 0 amide bonds. The van der Waals surface area contributed by atoms with Gasteiger partial charge in [0, 0.05) is 17.8 Å². The van der Waals surface area contributed by atoms with Crippen LogP contribution in [0, 0.1) is 0 Å². The topological polar surface area (TPSA) is 92.4 Å². The van der Waals surface area contributed by atoms with Gasteiger partial charge in [-0.15, -0.1) is 0 Å². The number of carboxylic acids is 1. The van der Waals surface area contributed by atoms with Crippen molar-refractivity contribution >= 4 is 23.1 Å². The van der Waals surface area contributed by atoms with Gasteiger partial charge in [-0.1, -0.05) is 0 Å². The molecule has 0 aliphatic rings. The molecule has 15 heavy (non-hydrogen) atoms. The molecule has 0 bridgehead atoms. The van der Waals surface area contributed by atoms with Crippen molar-refractivity contribution in [2.24, 2.45) is 0 Å². The molecule has 76 valence electrons. The summed E-state index contributed by atoms with van der Waals surface area (Å²) in [5.74, 6) is -1.17. The summed E-state index contributed by atoms with van der Waals surface area (Å²) >= 11 is 0. The lowest BCUT2D eigenvalue weighted by molar-refractivity contribution is 0.0699. The van der Waals surface area contributed by atoms with Crippen molar-refractivity contribution < 1.29 is 19.8 Å². The molecule has 2 aromatic heterocycles. The van der Waals surface area contributed by atoms with Gasteiger partial charge in [-0.05, 0) is 12.1 Å². The first-order valence-corrected chi connectivity index (χ1v) is 4.04. The van der Waals surface area contributed by atoms with E-state index < -0.39 is 12.1 Å². The van der Waals surface area contributed by atoms with Gasteiger partial charge in [-0.25, -0.2) is 19.1 Å². The lowest BCUT2D eigenvalue weighted by Crippen LogP contribution is -2.06. The van der Waals surface area contributed by atoms with E-state index in [2.05, 4.69) is 4.98 Å². The molecule has 0 unspecified atom stereocenters. The fourth-order valence-electron chi connectivity index (χ4n) is 1.38. The second kappa shape index (κ2) is 3.09. The van der Waals surface area contributed by atoms with Crippen molar-refractivity contribution in [2.75, 3.05) is 0 Å². The average molecular weight is 206 g/mol. The summed E-state index contributed by atoms with van der Waals surface area (Å²) < 4.78 is 0.790. The summed E-state index contributed by atoms with van der Waals surface area (Å²) in [6.45, 7) is 0. The van der Waals surface area contributed by atoms with Gasteiger partial charge in [0.25, 0.3) is 0 Å². The Kier molecular flexibility index (Phi) is 1.89. The van der Waals surface area contributed by atoms with Crippen LogP contribution in [0.3, 0.4) is 0 Å². The van der Waals surface area contributed by atoms with E-state index in [0.717, 1.165) is 10.8 Å². The number of rotatable bonds is 1. The second-order valence-corrected chi connectivity index (χ2v) is 2.88. The monoisotopic (exact) mass is 206 g/mol. The summed E-state index contributed by atoms with van der Waals surface area (Å²) in [5, 5.41) is 18.0. The lowest BCUT2D eigenvalue weighted by Gasteiger charge is -1.94. The van der Waals surface area contributed by atoms with Crippen molar-refractivity contribution in [3.63, 3.8) is 0 Å². The molecule has 0 spiro atoms. The number of nitrogens with zero attached hydrogens (tertiary/aromatic N) is 2. The molecule has 0 aliphatic heterocycles. The SMILES string of the molecule is O=C(O)c1cn(C(=O)O)c2ncccc12. The van der Waals surface area contributed by atoms with Crippen LogP contribution in [-0.4, -0.2) is 31.8 Å². The molecule has 2 heterocycles. The zero-order chi connectivity index (χ0) is 11.0. The normalized spacial score (nSPS) is 10.4. The standard InChI is InChI=1S/C9H6N2O4/c12-8(13)6-4-11(9(14)15)7-5(6)2-1-3-10-7/h1-4H,(H,12,13)(H,14,15). The van der Waals surface area contributed by atoms with Crippen molar-refractivity contribution in [3.8, 4) is 0 Å². The van der Waals surface area contributed by atoms with Gasteiger partial charge in [0.2, 0.25) is 0 Å². The molecular weight excluding hydrogens is 200 g/mol. The zero-order valence-corrected chi connectivity index (χ0v) is 7.41. The van der Waals surface area contributed by atoms with Crippen LogP contribution in [0.2, 0.25) is 0 Å². The molecule has 0 atom stereocenters. The van der Waals surface area contributed by atoms with Gasteiger partial charge in [-0.2, -0.15) is 0 Å². The van der Waals surface area contributed by atoms with E-state index in [4.69, 9.17) is 10.2 Å². The second-order valence-electron chi connectivity index (χ2n) is 2.88. The molecule has 0 saturated heterocycles. The molecule has 6 nitrogen and oxygen atoms in total. The summed E-state index contributed by atoms with van der Waals surface area (Å²) in [7, 11) is 0. The summed E-state index contributed by atoms with van der Waals surface area (Å²) in [6, 6.07) is 3.08. The fraction of sp³-hybridized carbons (Fsp3) is 0. The summed E-state index contributed by atoms with van der Waals surface area (Å²) in [4.78, 5) is 25.4. The maximum Gasteiger partial charge on any atom is 0.417 e. The van der Waals surface area contributed by atoms with E-state index in [1.54, 1.807) is 6.07 Å². The van der Waals surface area contributed by atoms with Crippen molar-refractivity contribution in [1.29, 1.82) is 0 Å². The molecule has 0 radical (unpaired) electrons. The number of pyridine rings is 1. The highest BCUT2D eigenvalue weighted by molar-refractivity contribution is 6.04. The molecule has 2 rings (SSSR count). The third kappa shape index (κ3) is 1.32. The quantitative estimate of drug-likeness (QED) is 0.732. The van der Waals surface area contributed by atoms with Crippen molar-refractivity contribution in [2.45, 2.75) is 0 Å². The van der Waals surface area contributed by atoms with Crippen LogP contribution in [0.25, 0.3) is 11.0 Å². The van der Waals surface area contributed by atoms with Crippen LogP contribution < -0.4 is 0 Å². The average Bonchev–Trinajstić information content (AvgIpc) is 2.56. The predicted octanol–water partition coefficient (Wildman–Crippen LogP) is 1.26. The van der Waals surface area contributed by atoms with E-state index in [-0.39, 0.29) is 11.2 Å². The van der Waals surface area contributed by atoms with Gasteiger partial charge in [0.1, 0.15) is 5.65 Å². The van der Waals surface area contributed by atoms with Gasteiger partial charge < -0.3 is 10.2 Å². The first kappa shape index (κ1) is 9.20. The third-order valence-corrected chi connectivity index (χ3v) is 2.00. The van der Waals surface area contributed by atoms with E-state index in [1.807, 2.05) is 0 Å². The summed E-state index contributed by atoms with van der Waals surface area (Å²) in [5.41, 5.74) is 0.0582. The molecule has 0 saturated carbocycles. The number of aromatic nitrogens is 2. The van der Waals surface area contributed by atoms with Crippen LogP contribution >= 0.6 is 0 Å².